The molecule has 2 aromatic carbocycles. The van der Waals surface area contributed by atoms with Crippen molar-refractivity contribution in [2.75, 3.05) is 23.4 Å². The lowest BCUT2D eigenvalue weighted by Crippen LogP contribution is -2.43. The molecule has 0 atom stereocenters. The maximum Gasteiger partial charge on any atom is 0.265 e. The van der Waals surface area contributed by atoms with Gasteiger partial charge in [-0.3, -0.25) is 19.3 Å². The van der Waals surface area contributed by atoms with Crippen LogP contribution in [0.1, 0.15) is 15.9 Å². The first-order valence-electron chi connectivity index (χ1n) is 7.95. The number of anilines is 2. The van der Waals surface area contributed by atoms with Crippen LogP contribution < -0.4 is 20.3 Å². The second kappa shape index (κ2) is 6.45. The van der Waals surface area contributed by atoms with E-state index in [9.17, 15) is 14.4 Å². The summed E-state index contributed by atoms with van der Waals surface area (Å²) in [5, 5.41) is 5.47. The van der Waals surface area contributed by atoms with Crippen LogP contribution in [-0.2, 0) is 16.1 Å². The fraction of sp³-hybridized carbons (Fsp3) is 0.167. The number of rotatable bonds is 3. The van der Waals surface area contributed by atoms with Crippen LogP contribution in [0.5, 0.6) is 5.75 Å². The van der Waals surface area contributed by atoms with Gasteiger partial charge in [0, 0.05) is 22.3 Å². The van der Waals surface area contributed by atoms with E-state index in [0.29, 0.717) is 29.2 Å². The van der Waals surface area contributed by atoms with Gasteiger partial charge in [0.25, 0.3) is 11.8 Å². The minimum Gasteiger partial charge on any atom is -0.482 e. The Hall–Kier alpha value is -2.87. The summed E-state index contributed by atoms with van der Waals surface area (Å²) in [5.41, 5.74) is 2.52. The molecule has 0 spiro atoms. The lowest BCUT2D eigenvalue weighted by molar-refractivity contribution is -0.123. The number of ether oxygens (including phenoxy) is 1. The van der Waals surface area contributed by atoms with E-state index in [1.807, 2.05) is 0 Å². The molecule has 0 fully saturated rings. The van der Waals surface area contributed by atoms with Crippen LogP contribution in [0, 0.1) is 0 Å². The van der Waals surface area contributed by atoms with Crippen LogP contribution in [0.4, 0.5) is 11.4 Å². The lowest BCUT2D eigenvalue weighted by atomic mass is 10.1. The van der Waals surface area contributed by atoms with Gasteiger partial charge in [-0.15, -0.1) is 0 Å². The Balaban J connectivity index is 1.51. The summed E-state index contributed by atoms with van der Waals surface area (Å²) in [5.74, 6) is -0.254. The van der Waals surface area contributed by atoms with Crippen LogP contribution in [-0.4, -0.2) is 30.9 Å². The van der Waals surface area contributed by atoms with Gasteiger partial charge in [0.05, 0.1) is 5.69 Å². The van der Waals surface area contributed by atoms with Gasteiger partial charge < -0.3 is 15.4 Å². The number of fused-ring (bicyclic) bond motifs is 2. The Morgan fingerprint density at radius 1 is 1.23 bits per heavy atom. The van der Waals surface area contributed by atoms with E-state index in [1.165, 1.54) is 4.90 Å². The standard InChI is InChI=1S/C18H14BrN3O4/c19-11-2-4-14-15(5-11)26-9-17(24)22(14)8-16(23)21-12-3-1-10-7-20-18(25)13(10)6-12/h1-6H,7-9H2,(H,20,25)(H,21,23). The predicted molar refractivity (Wildman–Crippen MR) is 98.2 cm³/mol. The van der Waals surface area contributed by atoms with Crippen LogP contribution in [0.3, 0.4) is 0 Å². The zero-order valence-corrected chi connectivity index (χ0v) is 15.1. The summed E-state index contributed by atoms with van der Waals surface area (Å²) in [7, 11) is 0. The summed E-state index contributed by atoms with van der Waals surface area (Å²) in [6.45, 7) is 0.243. The van der Waals surface area contributed by atoms with Gasteiger partial charge in [0.15, 0.2) is 6.61 Å². The highest BCUT2D eigenvalue weighted by atomic mass is 79.9. The number of carbonyl (C=O) groups is 3. The molecule has 2 aliphatic rings. The van der Waals surface area contributed by atoms with E-state index in [1.54, 1.807) is 36.4 Å². The SMILES string of the molecule is O=C(CN1C(=O)COc2cc(Br)ccc21)Nc1ccc2c(c1)C(=O)NC2. The highest BCUT2D eigenvalue weighted by Gasteiger charge is 2.27. The normalized spacial score (nSPS) is 15.0. The first kappa shape index (κ1) is 16.6. The molecule has 0 unspecified atom stereocenters. The summed E-state index contributed by atoms with van der Waals surface area (Å²) < 4.78 is 6.24. The molecule has 26 heavy (non-hydrogen) atoms. The summed E-state index contributed by atoms with van der Waals surface area (Å²) in [6, 6.07) is 10.4. The molecule has 7 nitrogen and oxygen atoms in total. The van der Waals surface area contributed by atoms with Crippen molar-refractivity contribution in [1.82, 2.24) is 5.32 Å². The van der Waals surface area contributed by atoms with Gasteiger partial charge in [-0.05, 0) is 35.9 Å². The van der Waals surface area contributed by atoms with Gasteiger partial charge in [-0.1, -0.05) is 22.0 Å². The Bertz CT molecular complexity index is 944. The molecular formula is C18H14BrN3O4. The number of halogens is 1. The molecule has 3 amide bonds. The largest absolute Gasteiger partial charge is 0.482 e. The fourth-order valence-corrected chi connectivity index (χ4v) is 3.33. The van der Waals surface area contributed by atoms with E-state index in [2.05, 4.69) is 26.6 Å². The van der Waals surface area contributed by atoms with E-state index in [0.717, 1.165) is 10.0 Å². The van der Waals surface area contributed by atoms with Crippen molar-refractivity contribution in [2.45, 2.75) is 6.54 Å². The molecule has 0 saturated carbocycles. The Morgan fingerprint density at radius 3 is 2.92 bits per heavy atom. The van der Waals surface area contributed by atoms with Crippen molar-refractivity contribution in [3.63, 3.8) is 0 Å². The minimum absolute atomic E-state index is 0.115. The van der Waals surface area contributed by atoms with Gasteiger partial charge >= 0.3 is 0 Å². The van der Waals surface area contributed by atoms with E-state index < -0.39 is 0 Å². The minimum atomic E-state index is -0.354. The predicted octanol–water partition coefficient (Wildman–Crippen LogP) is 2.06. The highest BCUT2D eigenvalue weighted by molar-refractivity contribution is 9.10. The second-order valence-electron chi connectivity index (χ2n) is 5.98. The van der Waals surface area contributed by atoms with E-state index in [4.69, 9.17) is 4.74 Å². The first-order chi connectivity index (χ1) is 12.5. The number of nitrogens with one attached hydrogen (secondary N) is 2. The van der Waals surface area contributed by atoms with Crippen molar-refractivity contribution in [2.24, 2.45) is 0 Å². The zero-order chi connectivity index (χ0) is 18.3. The summed E-state index contributed by atoms with van der Waals surface area (Å²) in [4.78, 5) is 37.7. The van der Waals surface area contributed by atoms with Crippen molar-refractivity contribution in [3.05, 3.63) is 52.0 Å². The Kier molecular flexibility index (Phi) is 4.12. The van der Waals surface area contributed by atoms with Gasteiger partial charge in [0.2, 0.25) is 5.91 Å². The number of carbonyl (C=O) groups excluding carboxylic acids is 3. The van der Waals surface area contributed by atoms with Crippen molar-refractivity contribution < 1.29 is 19.1 Å². The van der Waals surface area contributed by atoms with Crippen molar-refractivity contribution in [1.29, 1.82) is 0 Å². The van der Waals surface area contributed by atoms with Crippen LogP contribution in [0.15, 0.2) is 40.9 Å². The molecule has 2 aliphatic heterocycles. The summed E-state index contributed by atoms with van der Waals surface area (Å²) >= 11 is 3.35. The number of hydrogen-bond acceptors (Lipinski definition) is 4. The average Bonchev–Trinajstić information content (AvgIpc) is 2.98. The molecule has 8 heteroatoms. The topological polar surface area (TPSA) is 87.7 Å². The quantitative estimate of drug-likeness (QED) is 0.802. The van der Waals surface area contributed by atoms with Crippen LogP contribution in [0.2, 0.25) is 0 Å². The van der Waals surface area contributed by atoms with Crippen molar-refractivity contribution >= 4 is 45.0 Å². The third-order valence-corrected chi connectivity index (χ3v) is 4.74. The molecule has 4 rings (SSSR count). The fourth-order valence-electron chi connectivity index (χ4n) is 2.99. The molecule has 0 saturated heterocycles. The molecule has 2 N–H and O–H groups in total. The molecule has 2 heterocycles. The summed E-state index contributed by atoms with van der Waals surface area (Å²) in [6.07, 6.45) is 0. The maximum atomic E-state index is 12.4. The highest BCUT2D eigenvalue weighted by Crippen LogP contribution is 2.34. The van der Waals surface area contributed by atoms with Crippen LogP contribution >= 0.6 is 15.9 Å². The molecule has 0 aromatic heterocycles. The monoisotopic (exact) mass is 415 g/mol. The average molecular weight is 416 g/mol. The Morgan fingerprint density at radius 2 is 2.08 bits per heavy atom. The number of amides is 3. The lowest BCUT2D eigenvalue weighted by Gasteiger charge is -2.29. The maximum absolute atomic E-state index is 12.4. The van der Waals surface area contributed by atoms with Crippen LogP contribution in [0.25, 0.3) is 0 Å². The first-order valence-corrected chi connectivity index (χ1v) is 8.74. The molecule has 0 bridgehead atoms. The third kappa shape index (κ3) is 3.03. The molecule has 0 radical (unpaired) electrons. The molecule has 2 aromatic rings. The van der Waals surface area contributed by atoms with Gasteiger partial charge in [-0.2, -0.15) is 0 Å². The molecular weight excluding hydrogens is 402 g/mol. The molecule has 132 valence electrons. The number of benzene rings is 2. The van der Waals surface area contributed by atoms with E-state index in [-0.39, 0.29) is 30.9 Å². The van der Waals surface area contributed by atoms with Gasteiger partial charge in [0.1, 0.15) is 12.3 Å². The Labute approximate surface area is 157 Å². The second-order valence-corrected chi connectivity index (χ2v) is 6.90. The number of hydrogen-bond donors (Lipinski definition) is 2. The number of nitrogens with zero attached hydrogens (tertiary/aromatic N) is 1. The molecule has 0 aliphatic carbocycles. The van der Waals surface area contributed by atoms with Crippen molar-refractivity contribution in [3.8, 4) is 5.75 Å². The van der Waals surface area contributed by atoms with E-state index >= 15 is 0 Å². The van der Waals surface area contributed by atoms with Gasteiger partial charge in [-0.25, -0.2) is 0 Å². The third-order valence-electron chi connectivity index (χ3n) is 4.24. The zero-order valence-electron chi connectivity index (χ0n) is 13.5. The smallest absolute Gasteiger partial charge is 0.265 e.